The van der Waals surface area contributed by atoms with E-state index in [9.17, 15) is 5.11 Å². The first-order chi connectivity index (χ1) is 15.9. The van der Waals surface area contributed by atoms with Gasteiger partial charge in [-0.15, -0.1) is 0 Å². The number of nitrogens with two attached hydrogens (primary N) is 1. The SMILES string of the molecule is C=C(N)c1ccc2c(c1)nc(Nc1ccc(CC)cc1)n2C/C(=C/C)c1cc(O)ccc1C. The molecule has 0 saturated heterocycles. The zero-order valence-corrected chi connectivity index (χ0v) is 19.4. The van der Waals surface area contributed by atoms with Crippen LogP contribution in [0.2, 0.25) is 0 Å². The molecule has 5 nitrogen and oxygen atoms in total. The summed E-state index contributed by atoms with van der Waals surface area (Å²) < 4.78 is 2.16. The number of hydrogen-bond donors (Lipinski definition) is 3. The van der Waals surface area contributed by atoms with Gasteiger partial charge in [0, 0.05) is 11.4 Å². The van der Waals surface area contributed by atoms with E-state index in [0.29, 0.717) is 12.2 Å². The molecule has 0 unspecified atom stereocenters. The number of aromatic nitrogens is 2. The van der Waals surface area contributed by atoms with E-state index in [-0.39, 0.29) is 5.75 Å². The molecular formula is C28H30N4O. The van der Waals surface area contributed by atoms with E-state index in [1.807, 2.05) is 37.3 Å². The third kappa shape index (κ3) is 4.62. The van der Waals surface area contributed by atoms with Gasteiger partial charge in [-0.2, -0.15) is 0 Å². The number of anilines is 2. The average molecular weight is 439 g/mol. The van der Waals surface area contributed by atoms with Crippen LogP contribution in [0.5, 0.6) is 5.75 Å². The summed E-state index contributed by atoms with van der Waals surface area (Å²) in [7, 11) is 0. The molecule has 33 heavy (non-hydrogen) atoms. The Morgan fingerprint density at radius 1 is 1.12 bits per heavy atom. The third-order valence-electron chi connectivity index (χ3n) is 5.98. The van der Waals surface area contributed by atoms with E-state index in [4.69, 9.17) is 10.7 Å². The highest BCUT2D eigenvalue weighted by molar-refractivity contribution is 5.84. The zero-order chi connectivity index (χ0) is 23.5. The Labute approximate surface area is 194 Å². The number of rotatable bonds is 7. The summed E-state index contributed by atoms with van der Waals surface area (Å²) in [5.41, 5.74) is 14.6. The molecule has 0 bridgehead atoms. The largest absolute Gasteiger partial charge is 0.508 e. The Bertz CT molecular complexity index is 1350. The second kappa shape index (κ2) is 9.25. The van der Waals surface area contributed by atoms with Crippen LogP contribution in [0.3, 0.4) is 0 Å². The molecule has 0 radical (unpaired) electrons. The molecule has 1 aromatic heterocycles. The summed E-state index contributed by atoms with van der Waals surface area (Å²) in [4.78, 5) is 4.89. The highest BCUT2D eigenvalue weighted by Gasteiger charge is 2.15. The Kier molecular flexibility index (Phi) is 6.22. The van der Waals surface area contributed by atoms with E-state index < -0.39 is 0 Å². The van der Waals surface area contributed by atoms with E-state index in [0.717, 1.165) is 51.4 Å². The minimum absolute atomic E-state index is 0.255. The molecule has 0 aliphatic rings. The van der Waals surface area contributed by atoms with Crippen LogP contribution in [0.25, 0.3) is 22.3 Å². The zero-order valence-electron chi connectivity index (χ0n) is 19.4. The number of phenols is 1. The second-order valence-corrected chi connectivity index (χ2v) is 8.24. The van der Waals surface area contributed by atoms with Gasteiger partial charge < -0.3 is 20.7 Å². The minimum Gasteiger partial charge on any atom is -0.508 e. The van der Waals surface area contributed by atoms with E-state index in [1.54, 1.807) is 6.07 Å². The number of phenolic OH excluding ortho intramolecular Hbond substituents is 1. The lowest BCUT2D eigenvalue weighted by molar-refractivity contribution is 0.475. The molecular weight excluding hydrogens is 408 g/mol. The first kappa shape index (κ1) is 22.2. The smallest absolute Gasteiger partial charge is 0.208 e. The van der Waals surface area contributed by atoms with Crippen LogP contribution in [0.15, 0.2) is 73.3 Å². The summed E-state index contributed by atoms with van der Waals surface area (Å²) in [6, 6.07) is 19.8. The number of benzene rings is 3. The van der Waals surface area contributed by atoms with Crippen LogP contribution in [-0.2, 0) is 13.0 Å². The number of allylic oxidation sites excluding steroid dienone is 2. The standard InChI is InChI=1S/C28H30N4O/c1-5-20-8-11-23(12-9-20)30-28-31-26-15-22(19(4)29)10-14-27(26)32(28)17-21(6-2)25-16-24(33)13-7-18(25)3/h6-16,33H,4-5,17,29H2,1-3H3,(H,30,31)/b21-6-. The van der Waals surface area contributed by atoms with Crippen molar-refractivity contribution in [1.29, 1.82) is 0 Å². The highest BCUT2D eigenvalue weighted by atomic mass is 16.3. The average Bonchev–Trinajstić information content (AvgIpc) is 3.15. The van der Waals surface area contributed by atoms with Gasteiger partial charge in [-0.25, -0.2) is 4.98 Å². The Morgan fingerprint density at radius 3 is 2.55 bits per heavy atom. The predicted octanol–water partition coefficient (Wildman–Crippen LogP) is 6.39. The van der Waals surface area contributed by atoms with Crippen molar-refractivity contribution in [2.75, 3.05) is 5.32 Å². The number of aryl methyl sites for hydroxylation is 2. The minimum atomic E-state index is 0.255. The summed E-state index contributed by atoms with van der Waals surface area (Å²) in [5.74, 6) is 0.997. The topological polar surface area (TPSA) is 76.1 Å². The number of fused-ring (bicyclic) bond motifs is 1. The van der Waals surface area contributed by atoms with Gasteiger partial charge in [0.2, 0.25) is 5.95 Å². The fourth-order valence-corrected chi connectivity index (χ4v) is 4.00. The van der Waals surface area contributed by atoms with Crippen molar-refractivity contribution in [3.05, 3.63) is 95.6 Å². The Hall–Kier alpha value is -3.99. The molecule has 4 aromatic rings. The third-order valence-corrected chi connectivity index (χ3v) is 5.98. The molecule has 3 aromatic carbocycles. The van der Waals surface area contributed by atoms with Gasteiger partial charge in [-0.3, -0.25) is 0 Å². The van der Waals surface area contributed by atoms with Gasteiger partial charge in [-0.1, -0.05) is 43.8 Å². The number of imidazole rings is 1. The lowest BCUT2D eigenvalue weighted by Gasteiger charge is -2.16. The van der Waals surface area contributed by atoms with Crippen molar-refractivity contribution in [3.8, 4) is 5.75 Å². The van der Waals surface area contributed by atoms with Gasteiger partial charge in [0.25, 0.3) is 0 Å². The van der Waals surface area contributed by atoms with Gasteiger partial charge in [0.05, 0.1) is 17.6 Å². The van der Waals surface area contributed by atoms with Gasteiger partial charge >= 0.3 is 0 Å². The molecule has 0 aliphatic carbocycles. The fourth-order valence-electron chi connectivity index (χ4n) is 4.00. The Morgan fingerprint density at radius 2 is 1.88 bits per heavy atom. The lowest BCUT2D eigenvalue weighted by atomic mass is 10.00. The molecule has 4 rings (SSSR count). The van der Waals surface area contributed by atoms with Gasteiger partial charge in [0.1, 0.15) is 5.75 Å². The van der Waals surface area contributed by atoms with E-state index in [1.165, 1.54) is 5.56 Å². The number of aromatic hydroxyl groups is 1. The number of hydrogen-bond acceptors (Lipinski definition) is 4. The van der Waals surface area contributed by atoms with Crippen molar-refractivity contribution < 1.29 is 5.11 Å². The number of nitrogens with zero attached hydrogens (tertiary/aromatic N) is 2. The van der Waals surface area contributed by atoms with Crippen LogP contribution in [0.1, 0.15) is 36.1 Å². The van der Waals surface area contributed by atoms with Crippen LogP contribution in [0, 0.1) is 6.92 Å². The molecule has 0 fully saturated rings. The normalized spacial score (nSPS) is 11.7. The van der Waals surface area contributed by atoms with Crippen molar-refractivity contribution >= 4 is 33.9 Å². The lowest BCUT2D eigenvalue weighted by Crippen LogP contribution is -2.06. The highest BCUT2D eigenvalue weighted by Crippen LogP contribution is 2.30. The molecule has 4 N–H and O–H groups in total. The molecule has 0 saturated carbocycles. The molecule has 0 atom stereocenters. The molecule has 5 heteroatoms. The predicted molar refractivity (Wildman–Crippen MR) is 139 cm³/mol. The van der Waals surface area contributed by atoms with Crippen molar-refractivity contribution in [2.45, 2.75) is 33.7 Å². The fraction of sp³-hybridized carbons (Fsp3) is 0.179. The maximum atomic E-state index is 10.1. The summed E-state index contributed by atoms with van der Waals surface area (Å²) in [6.07, 6.45) is 3.09. The Balaban J connectivity index is 1.80. The van der Waals surface area contributed by atoms with Crippen molar-refractivity contribution in [3.63, 3.8) is 0 Å². The monoisotopic (exact) mass is 438 g/mol. The summed E-state index contributed by atoms with van der Waals surface area (Å²) in [6.45, 7) is 10.7. The molecule has 0 spiro atoms. The van der Waals surface area contributed by atoms with Crippen LogP contribution >= 0.6 is 0 Å². The van der Waals surface area contributed by atoms with Crippen LogP contribution in [-0.4, -0.2) is 14.7 Å². The van der Waals surface area contributed by atoms with E-state index >= 15 is 0 Å². The molecule has 0 aliphatic heterocycles. The van der Waals surface area contributed by atoms with E-state index in [2.05, 4.69) is 60.7 Å². The van der Waals surface area contributed by atoms with Crippen LogP contribution in [0.4, 0.5) is 11.6 Å². The second-order valence-electron chi connectivity index (χ2n) is 8.24. The first-order valence-electron chi connectivity index (χ1n) is 11.2. The molecule has 0 amide bonds. The number of nitrogens with one attached hydrogen (secondary N) is 1. The van der Waals surface area contributed by atoms with Gasteiger partial charge in [-0.05, 0) is 84.5 Å². The molecule has 1 heterocycles. The maximum absolute atomic E-state index is 10.1. The quantitative estimate of drug-likeness (QED) is 0.312. The summed E-state index contributed by atoms with van der Waals surface area (Å²) >= 11 is 0. The van der Waals surface area contributed by atoms with Crippen molar-refractivity contribution in [2.24, 2.45) is 5.73 Å². The summed E-state index contributed by atoms with van der Waals surface area (Å²) in [5, 5.41) is 13.6. The van der Waals surface area contributed by atoms with Crippen LogP contribution < -0.4 is 11.1 Å². The first-order valence-corrected chi connectivity index (χ1v) is 11.2. The maximum Gasteiger partial charge on any atom is 0.208 e. The molecule has 168 valence electrons. The van der Waals surface area contributed by atoms with Gasteiger partial charge in [0.15, 0.2) is 0 Å². The van der Waals surface area contributed by atoms with Crippen molar-refractivity contribution in [1.82, 2.24) is 9.55 Å².